The summed E-state index contributed by atoms with van der Waals surface area (Å²) in [5.41, 5.74) is 5.06. The van der Waals surface area contributed by atoms with Crippen molar-refractivity contribution >= 4 is 44.7 Å². The van der Waals surface area contributed by atoms with Gasteiger partial charge in [-0.3, -0.25) is 0 Å². The molecule has 1 aromatic rings. The van der Waals surface area contributed by atoms with Crippen molar-refractivity contribution in [3.63, 3.8) is 0 Å². The molecule has 3 nitrogen and oxygen atoms in total. The molecule has 0 amide bonds. The number of hydrogen-bond acceptors (Lipinski definition) is 3. The summed E-state index contributed by atoms with van der Waals surface area (Å²) in [5, 5.41) is 3.08. The van der Waals surface area contributed by atoms with Gasteiger partial charge in [0, 0.05) is 21.0 Å². The average molecular weight is 1030 g/mol. The van der Waals surface area contributed by atoms with Crippen LogP contribution in [0.2, 0.25) is 33.2 Å². The number of rotatable bonds is 14. The molecule has 56 heavy (non-hydrogen) atoms. The van der Waals surface area contributed by atoms with E-state index in [0.717, 1.165) is 48.6 Å². The van der Waals surface area contributed by atoms with Crippen molar-refractivity contribution in [1.82, 2.24) is 0 Å². The molecule has 0 N–H and O–H groups in total. The molecule has 322 valence electrons. The fraction of sp³-hybridized carbons (Fsp3) is 0.875. The number of hydrogen-bond donors (Lipinski definition) is 0. The van der Waals surface area contributed by atoms with Crippen molar-refractivity contribution < 1.29 is 28.8 Å². The fourth-order valence-corrected chi connectivity index (χ4v) is 34.6. The normalized spacial score (nSPS) is 36.9. The van der Waals surface area contributed by atoms with Gasteiger partial charge in [0.15, 0.2) is 0 Å². The van der Waals surface area contributed by atoms with Crippen molar-refractivity contribution in [2.75, 3.05) is 18.0 Å². The van der Waals surface area contributed by atoms with Gasteiger partial charge in [-0.2, -0.15) is 0 Å². The third kappa shape index (κ3) is 7.68. The standard InChI is InChI=1S/C48H82NO2PSi2.Au.ClH/c1-31(2)53(32(3)4,33(5)6)50-44-29-49(30-45(44)51-54(34(7)8,35(9)10)36(11)12)43-15-13-14-16-46(43)52(47-23-37-17-38(24-47)19-39(18-37)25-47)48-26-40-20-41(27-48)22-42(21-40)28-48;;/h13-16,31-42,44-45H,17-30H2,1-12H3;;1H/q;+1;/t37?,38?,39?,40?,41?,42?,44-,45?,47?,48?,52?;;/m0../s1. The zero-order valence-electron chi connectivity index (χ0n) is 37.7. The number of anilines is 1. The van der Waals surface area contributed by atoms with Gasteiger partial charge in [-0.1, -0.05) is 95.2 Å². The van der Waals surface area contributed by atoms with Crippen LogP contribution in [-0.4, -0.2) is 52.2 Å². The maximum atomic E-state index is 7.94. The van der Waals surface area contributed by atoms with Crippen LogP contribution in [0.5, 0.6) is 0 Å². The van der Waals surface area contributed by atoms with Crippen molar-refractivity contribution in [2.45, 2.75) is 216 Å². The first-order valence-corrected chi connectivity index (χ1v) is 32.2. The SMILES string of the molecule is CC(C)[Si](OC1CN(c2ccccc2[PH+](C23CC4CC(CC(C4)C2)C3)C23CC4CC(CC(C4)C2)C3)C[C@@H]1O[Si](C(C)C)(C(C)C)C(C)C)(C(C)C)C(C)C.[Cl][Au]. The zero-order valence-corrected chi connectivity index (χ0v) is 43.7. The summed E-state index contributed by atoms with van der Waals surface area (Å²) in [6, 6.07) is 10.2. The summed E-state index contributed by atoms with van der Waals surface area (Å²) >= 11 is 1.75. The van der Waals surface area contributed by atoms with Gasteiger partial charge in [-0.05, 0) is 158 Å². The first-order valence-electron chi connectivity index (χ1n) is 23.7. The molecular formula is C48H83AuClNO2PSi2+. The molecule has 0 spiro atoms. The summed E-state index contributed by atoms with van der Waals surface area (Å²) in [6.45, 7) is 31.7. The minimum absolute atomic E-state index is 0.134. The van der Waals surface area contributed by atoms with Crippen LogP contribution < -0.4 is 10.2 Å². The topological polar surface area (TPSA) is 21.7 Å². The van der Waals surface area contributed by atoms with Crippen LogP contribution in [0.4, 0.5) is 5.69 Å². The molecule has 8 bridgehead atoms. The molecule has 1 heterocycles. The van der Waals surface area contributed by atoms with Crippen LogP contribution in [0.15, 0.2) is 24.3 Å². The van der Waals surface area contributed by atoms with Gasteiger partial charge in [-0.25, -0.2) is 0 Å². The third-order valence-electron chi connectivity index (χ3n) is 18.0. The molecule has 0 radical (unpaired) electrons. The predicted octanol–water partition coefficient (Wildman–Crippen LogP) is 14.1. The van der Waals surface area contributed by atoms with E-state index in [9.17, 15) is 0 Å². The fourth-order valence-electron chi connectivity index (χ4n) is 17.4. The summed E-state index contributed by atoms with van der Waals surface area (Å²) in [6.07, 6.45) is 19.0. The third-order valence-corrected chi connectivity index (χ3v) is 34.5. The van der Waals surface area contributed by atoms with E-state index < -0.39 is 24.6 Å². The molecule has 1 aliphatic heterocycles. The van der Waals surface area contributed by atoms with E-state index in [0.29, 0.717) is 43.6 Å². The van der Waals surface area contributed by atoms with Crippen molar-refractivity contribution in [3.8, 4) is 0 Å². The molecule has 10 rings (SSSR count). The molecule has 1 saturated heterocycles. The van der Waals surface area contributed by atoms with E-state index in [1.165, 1.54) is 0 Å². The second kappa shape index (κ2) is 17.2. The summed E-state index contributed by atoms with van der Waals surface area (Å²) in [5.74, 6) is 6.09. The minimum atomic E-state index is -2.14. The molecule has 8 heteroatoms. The second-order valence-electron chi connectivity index (χ2n) is 23.1. The van der Waals surface area contributed by atoms with E-state index in [1.807, 2.05) is 5.30 Å². The quantitative estimate of drug-likeness (QED) is 0.137. The Morgan fingerprint density at radius 1 is 0.536 bits per heavy atom. The van der Waals surface area contributed by atoms with Crippen LogP contribution in [0.1, 0.15) is 160 Å². The van der Waals surface area contributed by atoms with Crippen LogP contribution in [0.25, 0.3) is 0 Å². The number of halogens is 1. The Kier molecular flexibility index (Phi) is 13.8. The van der Waals surface area contributed by atoms with E-state index in [2.05, 4.69) is 121 Å². The van der Waals surface area contributed by atoms with Crippen LogP contribution >= 0.6 is 17.1 Å². The van der Waals surface area contributed by atoms with Gasteiger partial charge < -0.3 is 13.8 Å². The molecule has 8 saturated carbocycles. The number of nitrogens with zero attached hydrogens (tertiary/aromatic N) is 1. The van der Waals surface area contributed by atoms with Crippen LogP contribution in [0.3, 0.4) is 0 Å². The van der Waals surface area contributed by atoms with Gasteiger partial charge in [0.1, 0.15) is 5.30 Å². The molecule has 1 unspecified atom stereocenters. The van der Waals surface area contributed by atoms with Gasteiger partial charge in [0.2, 0.25) is 16.6 Å². The Morgan fingerprint density at radius 3 is 1.11 bits per heavy atom. The first-order chi connectivity index (χ1) is 26.5. The monoisotopic (exact) mass is 1020 g/mol. The van der Waals surface area contributed by atoms with Gasteiger partial charge in [-0.15, -0.1) is 0 Å². The molecular weight excluding hydrogens is 942 g/mol. The van der Waals surface area contributed by atoms with Crippen molar-refractivity contribution in [3.05, 3.63) is 24.3 Å². The summed E-state index contributed by atoms with van der Waals surface area (Å²) in [4.78, 5) is 2.89. The molecule has 1 aromatic carbocycles. The van der Waals surface area contributed by atoms with Gasteiger partial charge in [0.25, 0.3) is 0 Å². The van der Waals surface area contributed by atoms with Gasteiger partial charge >= 0.3 is 29.2 Å². The summed E-state index contributed by atoms with van der Waals surface area (Å²) in [7, 11) is -0.557. The number of benzene rings is 1. The first kappa shape index (κ1) is 44.9. The maximum absolute atomic E-state index is 7.94. The Balaban J connectivity index is 0.00000237. The summed E-state index contributed by atoms with van der Waals surface area (Å²) < 4.78 is 15.9. The second-order valence-corrected chi connectivity index (χ2v) is 37.4. The molecule has 2 atom stereocenters. The average Bonchev–Trinajstić information content (AvgIpc) is 3.49. The molecule has 9 fully saturated rings. The van der Waals surface area contributed by atoms with Crippen molar-refractivity contribution in [1.29, 1.82) is 0 Å². The van der Waals surface area contributed by atoms with E-state index in [1.54, 1.807) is 103 Å². The Morgan fingerprint density at radius 2 is 0.821 bits per heavy atom. The van der Waals surface area contributed by atoms with E-state index in [4.69, 9.17) is 8.85 Å². The van der Waals surface area contributed by atoms with Crippen LogP contribution in [0, 0.1) is 35.5 Å². The number of para-hydroxylation sites is 1. The van der Waals surface area contributed by atoms with Gasteiger partial charge in [0.05, 0.1) is 28.2 Å². The molecule has 9 aliphatic rings. The zero-order chi connectivity index (χ0) is 40.5. The Hall–Kier alpha value is 0.834. The van der Waals surface area contributed by atoms with Crippen LogP contribution in [-0.2, 0) is 28.8 Å². The van der Waals surface area contributed by atoms with E-state index >= 15 is 0 Å². The Labute approximate surface area is 364 Å². The molecule has 8 aliphatic carbocycles. The predicted molar refractivity (Wildman–Crippen MR) is 246 cm³/mol. The van der Waals surface area contributed by atoms with E-state index in [-0.39, 0.29) is 12.2 Å². The van der Waals surface area contributed by atoms with Crippen molar-refractivity contribution in [2.24, 2.45) is 35.5 Å². The Bertz CT molecular complexity index is 1300. The molecule has 0 aromatic heterocycles.